The van der Waals surface area contributed by atoms with Gasteiger partial charge in [-0.3, -0.25) is 4.79 Å². The normalized spacial score (nSPS) is 11.0. The molecule has 0 bridgehead atoms. The van der Waals surface area contributed by atoms with E-state index in [1.165, 1.54) is 13.2 Å². The Balaban J connectivity index is 2.05. The second kappa shape index (κ2) is 7.86. The van der Waals surface area contributed by atoms with Gasteiger partial charge in [-0.05, 0) is 23.8 Å². The second-order valence-corrected chi connectivity index (χ2v) is 5.70. The van der Waals surface area contributed by atoms with Gasteiger partial charge in [0.2, 0.25) is 0 Å². The van der Waals surface area contributed by atoms with Crippen molar-refractivity contribution in [3.8, 4) is 23.0 Å². The molecule has 0 spiro atoms. The quantitative estimate of drug-likeness (QED) is 0.655. The van der Waals surface area contributed by atoms with Crippen LogP contribution in [0, 0.1) is 0 Å². The van der Waals surface area contributed by atoms with E-state index in [1.807, 2.05) is 18.2 Å². The van der Waals surface area contributed by atoms with Crippen LogP contribution in [0.4, 0.5) is 0 Å². The Morgan fingerprint density at radius 1 is 0.741 bits per heavy atom. The van der Waals surface area contributed by atoms with E-state index in [0.29, 0.717) is 39.7 Å². The first kappa shape index (κ1) is 18.4. The molecule has 0 amide bonds. The lowest BCUT2D eigenvalue weighted by atomic mass is 10.1. The van der Waals surface area contributed by atoms with Gasteiger partial charge in [0.1, 0.15) is 39.7 Å². The van der Waals surface area contributed by atoms with Crippen LogP contribution in [-0.2, 0) is 0 Å². The predicted molar refractivity (Wildman–Crippen MR) is 104 cm³/mol. The predicted octanol–water partition coefficient (Wildman–Crippen LogP) is 4.00. The molecule has 0 fully saturated rings. The van der Waals surface area contributed by atoms with Gasteiger partial charge in [0.05, 0.1) is 28.4 Å². The van der Waals surface area contributed by atoms with Crippen molar-refractivity contribution in [3.05, 3.63) is 57.9 Å². The summed E-state index contributed by atoms with van der Waals surface area (Å²) in [5, 5.41) is 0.374. The molecule has 140 valence electrons. The number of ether oxygens (including phenoxy) is 4. The second-order valence-electron chi connectivity index (χ2n) is 5.70. The number of fused-ring (bicyclic) bond motifs is 1. The summed E-state index contributed by atoms with van der Waals surface area (Å²) < 4.78 is 26.9. The molecular formula is C21H20O6. The van der Waals surface area contributed by atoms with Crippen molar-refractivity contribution in [2.75, 3.05) is 28.4 Å². The van der Waals surface area contributed by atoms with Crippen LogP contribution in [0.3, 0.4) is 0 Å². The fourth-order valence-electron chi connectivity index (χ4n) is 2.71. The third kappa shape index (κ3) is 3.89. The molecule has 2 aromatic carbocycles. The van der Waals surface area contributed by atoms with E-state index in [1.54, 1.807) is 45.6 Å². The third-order valence-corrected chi connectivity index (χ3v) is 4.06. The summed E-state index contributed by atoms with van der Waals surface area (Å²) in [6.07, 6.45) is 3.52. The molecule has 1 aromatic heterocycles. The lowest BCUT2D eigenvalue weighted by Gasteiger charge is -2.08. The molecule has 6 nitrogen and oxygen atoms in total. The lowest BCUT2D eigenvalue weighted by Crippen LogP contribution is -2.03. The van der Waals surface area contributed by atoms with Gasteiger partial charge in [-0.1, -0.05) is 6.08 Å². The summed E-state index contributed by atoms with van der Waals surface area (Å²) in [7, 11) is 6.22. The molecule has 0 N–H and O–H groups in total. The van der Waals surface area contributed by atoms with Crippen molar-refractivity contribution >= 4 is 23.1 Å². The van der Waals surface area contributed by atoms with Crippen LogP contribution in [0.5, 0.6) is 23.0 Å². The van der Waals surface area contributed by atoms with E-state index in [4.69, 9.17) is 23.4 Å². The summed E-state index contributed by atoms with van der Waals surface area (Å²) in [4.78, 5) is 12.5. The highest BCUT2D eigenvalue weighted by Crippen LogP contribution is 2.30. The molecule has 0 radical (unpaired) electrons. The van der Waals surface area contributed by atoms with Crippen LogP contribution in [0.2, 0.25) is 0 Å². The van der Waals surface area contributed by atoms with Crippen molar-refractivity contribution in [2.45, 2.75) is 0 Å². The third-order valence-electron chi connectivity index (χ3n) is 4.06. The van der Waals surface area contributed by atoms with Gasteiger partial charge in [-0.25, -0.2) is 0 Å². The molecule has 0 aliphatic carbocycles. The molecule has 3 aromatic rings. The number of rotatable bonds is 6. The first-order valence-corrected chi connectivity index (χ1v) is 8.19. The molecular weight excluding hydrogens is 348 g/mol. The minimum Gasteiger partial charge on any atom is -0.497 e. The van der Waals surface area contributed by atoms with Gasteiger partial charge < -0.3 is 23.4 Å². The van der Waals surface area contributed by atoms with E-state index in [-0.39, 0.29) is 5.43 Å². The average molecular weight is 368 g/mol. The molecule has 0 saturated carbocycles. The Bertz CT molecular complexity index is 1030. The van der Waals surface area contributed by atoms with Crippen molar-refractivity contribution in [2.24, 2.45) is 0 Å². The molecule has 3 rings (SSSR count). The van der Waals surface area contributed by atoms with Crippen LogP contribution in [0.25, 0.3) is 23.1 Å². The van der Waals surface area contributed by atoms with Crippen LogP contribution in [0.1, 0.15) is 11.3 Å². The molecule has 0 aliphatic heterocycles. The van der Waals surface area contributed by atoms with Crippen molar-refractivity contribution in [1.82, 2.24) is 0 Å². The molecule has 0 aliphatic rings. The number of hydrogen-bond donors (Lipinski definition) is 0. The minimum absolute atomic E-state index is 0.196. The van der Waals surface area contributed by atoms with Crippen LogP contribution < -0.4 is 24.4 Å². The van der Waals surface area contributed by atoms with Crippen molar-refractivity contribution in [1.29, 1.82) is 0 Å². The maximum Gasteiger partial charge on any atom is 0.197 e. The fraction of sp³-hybridized carbons (Fsp3) is 0.190. The number of benzene rings is 2. The van der Waals surface area contributed by atoms with E-state index >= 15 is 0 Å². The first-order valence-electron chi connectivity index (χ1n) is 8.19. The zero-order chi connectivity index (χ0) is 19.4. The fourth-order valence-corrected chi connectivity index (χ4v) is 2.71. The number of methoxy groups -OCH3 is 4. The summed E-state index contributed by atoms with van der Waals surface area (Å²) >= 11 is 0. The molecule has 0 unspecified atom stereocenters. The SMILES string of the molecule is COc1cc(/C=C/c2cc(=O)c3c(OC)cc(OC)cc3o2)cc(OC)c1. The highest BCUT2D eigenvalue weighted by molar-refractivity contribution is 5.86. The number of hydrogen-bond acceptors (Lipinski definition) is 6. The topological polar surface area (TPSA) is 67.1 Å². The van der Waals surface area contributed by atoms with Gasteiger partial charge >= 0.3 is 0 Å². The minimum atomic E-state index is -0.196. The Morgan fingerprint density at radius 3 is 1.96 bits per heavy atom. The average Bonchev–Trinajstić information content (AvgIpc) is 2.70. The van der Waals surface area contributed by atoms with Gasteiger partial charge in [0, 0.05) is 24.3 Å². The molecule has 0 atom stereocenters. The highest BCUT2D eigenvalue weighted by Gasteiger charge is 2.12. The Morgan fingerprint density at radius 2 is 1.37 bits per heavy atom. The van der Waals surface area contributed by atoms with Crippen LogP contribution in [0.15, 0.2) is 45.6 Å². The van der Waals surface area contributed by atoms with Crippen LogP contribution >= 0.6 is 0 Å². The zero-order valence-corrected chi connectivity index (χ0v) is 15.6. The van der Waals surface area contributed by atoms with Crippen molar-refractivity contribution in [3.63, 3.8) is 0 Å². The van der Waals surface area contributed by atoms with Gasteiger partial charge in [0.25, 0.3) is 0 Å². The van der Waals surface area contributed by atoms with E-state index < -0.39 is 0 Å². The summed E-state index contributed by atoms with van der Waals surface area (Å²) in [6, 6.07) is 10.2. The van der Waals surface area contributed by atoms with Gasteiger partial charge in [0.15, 0.2) is 5.43 Å². The van der Waals surface area contributed by atoms with Crippen molar-refractivity contribution < 1.29 is 23.4 Å². The molecule has 27 heavy (non-hydrogen) atoms. The smallest absolute Gasteiger partial charge is 0.197 e. The van der Waals surface area contributed by atoms with Crippen LogP contribution in [-0.4, -0.2) is 28.4 Å². The van der Waals surface area contributed by atoms with E-state index in [9.17, 15) is 4.79 Å². The molecule has 0 saturated heterocycles. The zero-order valence-electron chi connectivity index (χ0n) is 15.6. The maximum atomic E-state index is 12.5. The Labute approximate surface area is 156 Å². The van der Waals surface area contributed by atoms with Gasteiger partial charge in [-0.2, -0.15) is 0 Å². The van der Waals surface area contributed by atoms with Gasteiger partial charge in [-0.15, -0.1) is 0 Å². The Hall–Kier alpha value is -3.41. The monoisotopic (exact) mass is 368 g/mol. The van der Waals surface area contributed by atoms with E-state index in [2.05, 4.69) is 0 Å². The van der Waals surface area contributed by atoms with E-state index in [0.717, 1.165) is 5.56 Å². The summed E-state index contributed by atoms with van der Waals surface area (Å²) in [5.74, 6) is 2.70. The molecule has 1 heterocycles. The first-order chi connectivity index (χ1) is 13.1. The Kier molecular flexibility index (Phi) is 5.35. The summed E-state index contributed by atoms with van der Waals surface area (Å²) in [6.45, 7) is 0. The maximum absolute atomic E-state index is 12.5. The lowest BCUT2D eigenvalue weighted by molar-refractivity contribution is 0.394. The summed E-state index contributed by atoms with van der Waals surface area (Å²) in [5.41, 5.74) is 1.04. The molecule has 6 heteroatoms. The highest BCUT2D eigenvalue weighted by atomic mass is 16.5. The largest absolute Gasteiger partial charge is 0.497 e. The standard InChI is InChI=1S/C21H20O6/c1-23-15-7-13(8-16(9-15)24-2)5-6-14-10-18(22)21-19(26-4)11-17(25-3)12-20(21)27-14/h5-12H,1-4H3/b6-5+.